The third-order valence-electron chi connectivity index (χ3n) is 4.15. The second kappa shape index (κ2) is 7.62. The number of amides is 1. The van der Waals surface area contributed by atoms with E-state index in [2.05, 4.69) is 10.4 Å². The van der Waals surface area contributed by atoms with Crippen molar-refractivity contribution in [2.24, 2.45) is 18.7 Å². The molecule has 1 unspecified atom stereocenters. The number of nitrogens with two attached hydrogens (primary N) is 1. The third kappa shape index (κ3) is 4.34. The van der Waals surface area contributed by atoms with Crippen LogP contribution in [0.4, 0.5) is 5.69 Å². The zero-order valence-corrected chi connectivity index (χ0v) is 14.5. The Morgan fingerprint density at radius 1 is 1.44 bits per heavy atom. The first-order valence-corrected chi connectivity index (χ1v) is 7.78. The monoisotopic (exact) mass is 365 g/mol. The van der Waals surface area contributed by atoms with Crippen LogP contribution in [0, 0.1) is 16.0 Å². The minimum absolute atomic E-state index is 0. The smallest absolute Gasteiger partial charge is 0.269 e. The van der Waals surface area contributed by atoms with Crippen LogP contribution in [0.1, 0.15) is 23.2 Å². The van der Waals surface area contributed by atoms with Crippen molar-refractivity contribution in [1.82, 2.24) is 15.1 Å². The second-order valence-corrected chi connectivity index (χ2v) is 6.08. The molecule has 1 fully saturated rings. The predicted molar refractivity (Wildman–Crippen MR) is 95.6 cm³/mol. The molecule has 25 heavy (non-hydrogen) atoms. The number of hydrogen-bond acceptors (Lipinski definition) is 5. The normalized spacial score (nSPS) is 14.5. The van der Waals surface area contributed by atoms with Crippen LogP contribution >= 0.6 is 12.4 Å². The van der Waals surface area contributed by atoms with Gasteiger partial charge in [-0.2, -0.15) is 5.10 Å². The van der Waals surface area contributed by atoms with Crippen LogP contribution in [-0.2, 0) is 7.05 Å². The number of aryl methyl sites for hydroxylation is 1. The molecule has 8 nitrogen and oxygen atoms in total. The van der Waals surface area contributed by atoms with E-state index < -0.39 is 4.92 Å². The van der Waals surface area contributed by atoms with Gasteiger partial charge in [0.05, 0.1) is 10.5 Å². The van der Waals surface area contributed by atoms with E-state index in [1.165, 1.54) is 12.1 Å². The second-order valence-electron chi connectivity index (χ2n) is 6.08. The van der Waals surface area contributed by atoms with Crippen molar-refractivity contribution in [1.29, 1.82) is 0 Å². The number of hydrogen-bond donors (Lipinski definition) is 2. The number of non-ortho nitro benzene ring substituents is 1. The Balaban J connectivity index is 0.00000225. The number of benzene rings is 1. The Morgan fingerprint density at radius 3 is 2.64 bits per heavy atom. The molecule has 0 bridgehead atoms. The lowest BCUT2D eigenvalue weighted by Crippen LogP contribution is -2.38. The third-order valence-corrected chi connectivity index (χ3v) is 4.15. The van der Waals surface area contributed by atoms with Gasteiger partial charge >= 0.3 is 0 Å². The number of nitrogens with one attached hydrogen (secondary N) is 1. The molecule has 9 heteroatoms. The summed E-state index contributed by atoms with van der Waals surface area (Å²) in [5.41, 5.74) is 7.57. The van der Waals surface area contributed by atoms with E-state index in [9.17, 15) is 14.9 Å². The van der Waals surface area contributed by atoms with E-state index in [4.69, 9.17) is 5.73 Å². The van der Waals surface area contributed by atoms with Gasteiger partial charge in [0.15, 0.2) is 0 Å². The average Bonchev–Trinajstić information content (AvgIpc) is 3.34. The predicted octanol–water partition coefficient (Wildman–Crippen LogP) is 1.88. The molecule has 1 amide bonds. The summed E-state index contributed by atoms with van der Waals surface area (Å²) in [5, 5.41) is 17.9. The minimum Gasteiger partial charge on any atom is -0.350 e. The van der Waals surface area contributed by atoms with Gasteiger partial charge in [-0.3, -0.25) is 19.6 Å². The molecular formula is C16H20ClN5O3. The average molecular weight is 366 g/mol. The summed E-state index contributed by atoms with van der Waals surface area (Å²) in [7, 11) is 1.72. The maximum Gasteiger partial charge on any atom is 0.269 e. The quantitative estimate of drug-likeness (QED) is 0.599. The molecule has 0 spiro atoms. The number of carbonyl (C=O) groups is 1. The molecule has 134 valence electrons. The minimum atomic E-state index is -0.463. The maximum atomic E-state index is 12.4. The van der Waals surface area contributed by atoms with E-state index >= 15 is 0 Å². The van der Waals surface area contributed by atoms with E-state index in [0.29, 0.717) is 29.3 Å². The van der Waals surface area contributed by atoms with Crippen LogP contribution in [0.3, 0.4) is 0 Å². The van der Waals surface area contributed by atoms with Crippen molar-refractivity contribution in [3.63, 3.8) is 0 Å². The molecule has 1 aromatic heterocycles. The number of halogens is 1. The highest BCUT2D eigenvalue weighted by molar-refractivity contribution is 5.99. The molecule has 0 saturated heterocycles. The maximum absolute atomic E-state index is 12.4. The molecule has 2 aromatic rings. The van der Waals surface area contributed by atoms with Gasteiger partial charge in [0, 0.05) is 43.5 Å². The highest BCUT2D eigenvalue weighted by Crippen LogP contribution is 2.31. The number of nitro groups is 1. The first-order valence-electron chi connectivity index (χ1n) is 7.78. The van der Waals surface area contributed by atoms with Gasteiger partial charge in [-0.05, 0) is 30.9 Å². The van der Waals surface area contributed by atoms with E-state index in [1.54, 1.807) is 30.1 Å². The summed E-state index contributed by atoms with van der Waals surface area (Å²) in [4.78, 5) is 22.7. The number of carbonyl (C=O) groups excluding carboxylic acids is 1. The number of rotatable bonds is 6. The summed E-state index contributed by atoms with van der Waals surface area (Å²) < 4.78 is 1.55. The molecule has 1 aliphatic rings. The summed E-state index contributed by atoms with van der Waals surface area (Å²) >= 11 is 0. The van der Waals surface area contributed by atoms with Crippen molar-refractivity contribution in [2.45, 2.75) is 18.9 Å². The van der Waals surface area contributed by atoms with E-state index in [0.717, 1.165) is 12.8 Å². The van der Waals surface area contributed by atoms with Gasteiger partial charge in [0.2, 0.25) is 0 Å². The lowest BCUT2D eigenvalue weighted by molar-refractivity contribution is -0.384. The molecule has 0 radical (unpaired) electrons. The Hall–Kier alpha value is -2.45. The van der Waals surface area contributed by atoms with Gasteiger partial charge in [0.1, 0.15) is 5.69 Å². The summed E-state index contributed by atoms with van der Waals surface area (Å²) in [6.45, 7) is 0.429. The van der Waals surface area contributed by atoms with Crippen molar-refractivity contribution in [3.05, 3.63) is 46.1 Å². The molecule has 3 N–H and O–H groups in total. The van der Waals surface area contributed by atoms with Gasteiger partial charge in [-0.1, -0.05) is 0 Å². The van der Waals surface area contributed by atoms with Crippen LogP contribution in [0.15, 0.2) is 30.5 Å². The van der Waals surface area contributed by atoms with Crippen LogP contribution in [0.25, 0.3) is 11.3 Å². The van der Waals surface area contributed by atoms with E-state index in [-0.39, 0.29) is 30.0 Å². The zero-order valence-electron chi connectivity index (χ0n) is 13.7. The molecule has 1 atom stereocenters. The molecule has 3 rings (SSSR count). The van der Waals surface area contributed by atoms with Crippen molar-refractivity contribution in [3.8, 4) is 11.3 Å². The summed E-state index contributed by atoms with van der Waals surface area (Å²) in [5.74, 6) is 0.265. The molecular weight excluding hydrogens is 346 g/mol. The largest absolute Gasteiger partial charge is 0.350 e. The number of nitro benzene ring substituents is 1. The van der Waals surface area contributed by atoms with Gasteiger partial charge in [-0.25, -0.2) is 0 Å². The van der Waals surface area contributed by atoms with Gasteiger partial charge < -0.3 is 11.1 Å². The molecule has 1 aromatic carbocycles. The molecule has 1 heterocycles. The van der Waals surface area contributed by atoms with E-state index in [1.807, 2.05) is 0 Å². The Labute approximate surface area is 151 Å². The topological polar surface area (TPSA) is 116 Å². The van der Waals surface area contributed by atoms with Gasteiger partial charge in [0.25, 0.3) is 11.6 Å². The van der Waals surface area contributed by atoms with Crippen LogP contribution in [0.2, 0.25) is 0 Å². The summed E-state index contributed by atoms with van der Waals surface area (Å²) in [6.07, 6.45) is 3.88. The Bertz CT molecular complexity index is 771. The standard InChI is InChI=1S/C16H19N5O3.ClH/c1-20-9-13(16(22)18-8-14(17)10-2-3-10)15(19-20)11-4-6-12(7-5-11)21(23)24;/h4-7,9-10,14H,2-3,8,17H2,1H3,(H,18,22);1H. The van der Waals surface area contributed by atoms with Crippen molar-refractivity contribution < 1.29 is 9.72 Å². The summed E-state index contributed by atoms with van der Waals surface area (Å²) in [6, 6.07) is 5.96. The number of nitrogens with zero attached hydrogens (tertiary/aromatic N) is 3. The Morgan fingerprint density at radius 2 is 2.08 bits per heavy atom. The zero-order chi connectivity index (χ0) is 17.3. The first kappa shape index (κ1) is 18.9. The number of aromatic nitrogens is 2. The van der Waals surface area contributed by atoms with Crippen molar-refractivity contribution in [2.75, 3.05) is 6.54 Å². The van der Waals surface area contributed by atoms with Gasteiger partial charge in [-0.15, -0.1) is 12.4 Å². The highest BCUT2D eigenvalue weighted by atomic mass is 35.5. The van der Waals surface area contributed by atoms with Crippen molar-refractivity contribution >= 4 is 24.0 Å². The van der Waals surface area contributed by atoms with Crippen LogP contribution in [0.5, 0.6) is 0 Å². The lowest BCUT2D eigenvalue weighted by Gasteiger charge is -2.11. The first-order chi connectivity index (χ1) is 11.5. The molecule has 1 aliphatic carbocycles. The highest BCUT2D eigenvalue weighted by Gasteiger charge is 2.29. The van der Waals surface area contributed by atoms with Crippen LogP contribution in [-0.4, -0.2) is 33.2 Å². The fourth-order valence-corrected chi connectivity index (χ4v) is 2.61. The molecule has 0 aliphatic heterocycles. The lowest BCUT2D eigenvalue weighted by atomic mass is 10.1. The SMILES string of the molecule is Cl.Cn1cc(C(=O)NCC(N)C2CC2)c(-c2ccc([N+](=O)[O-])cc2)n1. The fraction of sp³-hybridized carbons (Fsp3) is 0.375. The fourth-order valence-electron chi connectivity index (χ4n) is 2.61. The molecule has 1 saturated carbocycles. The van der Waals surface area contributed by atoms with Crippen LogP contribution < -0.4 is 11.1 Å². The Kier molecular flexibility index (Phi) is 5.76.